The molecule has 1 aliphatic heterocycles. The highest BCUT2D eigenvalue weighted by atomic mass is 79.9. The van der Waals surface area contributed by atoms with Crippen LogP contribution in [0.2, 0.25) is 0 Å². The molecule has 2 aromatic carbocycles. The van der Waals surface area contributed by atoms with E-state index < -0.39 is 0 Å². The third kappa shape index (κ3) is 2.81. The first-order valence-corrected chi connectivity index (χ1v) is 7.86. The van der Waals surface area contributed by atoms with Crippen molar-refractivity contribution < 1.29 is 0 Å². The molecule has 0 spiro atoms. The molecule has 0 radical (unpaired) electrons. The lowest BCUT2D eigenvalue weighted by atomic mass is 9.92. The van der Waals surface area contributed by atoms with Gasteiger partial charge in [0.05, 0.1) is 12.6 Å². The third-order valence-corrected chi connectivity index (χ3v) is 4.50. The first-order chi connectivity index (χ1) is 10.2. The lowest BCUT2D eigenvalue weighted by Crippen LogP contribution is -2.43. The van der Waals surface area contributed by atoms with Crippen LogP contribution in [-0.4, -0.2) is 18.5 Å². The zero-order chi connectivity index (χ0) is 14.8. The van der Waals surface area contributed by atoms with Gasteiger partial charge in [-0.2, -0.15) is 0 Å². The largest absolute Gasteiger partial charge is 0.370 e. The van der Waals surface area contributed by atoms with Crippen LogP contribution in [0.15, 0.2) is 64.1 Å². The summed E-state index contributed by atoms with van der Waals surface area (Å²) in [6, 6.07) is 19.0. The number of aliphatic imine (C=N–C) groups is 1. The van der Waals surface area contributed by atoms with Crippen molar-refractivity contribution in [2.75, 3.05) is 11.4 Å². The number of halogens is 1. The van der Waals surface area contributed by atoms with Crippen LogP contribution < -0.4 is 10.6 Å². The third-order valence-electron chi connectivity index (χ3n) is 4.01. The standard InChI is InChI=1S/C17H18BrN3/c1-12(13-6-3-2-4-7-13)16-11-20-17(19)21(16)15-9-5-8-14(18)10-15/h2-10,12,16H,11H2,1H3,(H2,19,20). The van der Waals surface area contributed by atoms with Gasteiger partial charge in [0.15, 0.2) is 5.96 Å². The summed E-state index contributed by atoms with van der Waals surface area (Å²) in [5, 5.41) is 0. The maximum Gasteiger partial charge on any atom is 0.196 e. The van der Waals surface area contributed by atoms with Gasteiger partial charge in [0.25, 0.3) is 0 Å². The fourth-order valence-electron chi connectivity index (χ4n) is 2.82. The second-order valence-corrected chi connectivity index (χ2v) is 6.23. The summed E-state index contributed by atoms with van der Waals surface area (Å²) in [4.78, 5) is 6.60. The molecule has 0 bridgehead atoms. The van der Waals surface area contributed by atoms with Crippen molar-refractivity contribution in [1.82, 2.24) is 0 Å². The highest BCUT2D eigenvalue weighted by molar-refractivity contribution is 9.10. The molecule has 0 fully saturated rings. The minimum atomic E-state index is 0.252. The van der Waals surface area contributed by atoms with Gasteiger partial charge in [0, 0.05) is 16.1 Å². The van der Waals surface area contributed by atoms with Gasteiger partial charge in [-0.1, -0.05) is 59.3 Å². The number of hydrogen-bond donors (Lipinski definition) is 1. The summed E-state index contributed by atoms with van der Waals surface area (Å²) in [6.45, 7) is 2.97. The quantitative estimate of drug-likeness (QED) is 0.921. The molecule has 3 rings (SSSR count). The first-order valence-electron chi connectivity index (χ1n) is 7.06. The molecule has 3 nitrogen and oxygen atoms in total. The molecule has 2 atom stereocenters. The normalized spacial score (nSPS) is 19.4. The number of hydrogen-bond acceptors (Lipinski definition) is 3. The first kappa shape index (κ1) is 14.1. The maximum atomic E-state index is 6.13. The number of nitrogens with two attached hydrogens (primary N) is 1. The van der Waals surface area contributed by atoms with Crippen molar-refractivity contribution >= 4 is 27.6 Å². The molecule has 108 valence electrons. The number of rotatable bonds is 3. The van der Waals surface area contributed by atoms with E-state index in [0.29, 0.717) is 11.9 Å². The highest BCUT2D eigenvalue weighted by Gasteiger charge is 2.32. The van der Waals surface area contributed by atoms with Gasteiger partial charge in [-0.3, -0.25) is 4.99 Å². The number of guanidine groups is 1. The van der Waals surface area contributed by atoms with Crippen LogP contribution in [0, 0.1) is 0 Å². The monoisotopic (exact) mass is 343 g/mol. The van der Waals surface area contributed by atoms with Crippen molar-refractivity contribution in [3.63, 3.8) is 0 Å². The molecule has 0 saturated heterocycles. The van der Waals surface area contributed by atoms with Crippen LogP contribution in [0.4, 0.5) is 5.69 Å². The van der Waals surface area contributed by atoms with Gasteiger partial charge >= 0.3 is 0 Å². The van der Waals surface area contributed by atoms with Crippen molar-refractivity contribution in [2.24, 2.45) is 10.7 Å². The van der Waals surface area contributed by atoms with E-state index in [4.69, 9.17) is 5.73 Å². The van der Waals surface area contributed by atoms with Gasteiger partial charge in [-0.05, 0) is 23.8 Å². The second-order valence-electron chi connectivity index (χ2n) is 5.32. The molecule has 0 saturated carbocycles. The molecule has 4 heteroatoms. The molecule has 2 aromatic rings. The fraction of sp³-hybridized carbons (Fsp3) is 0.235. The van der Waals surface area contributed by atoms with Gasteiger partial charge in [0.1, 0.15) is 0 Å². The minimum absolute atomic E-state index is 0.252. The predicted molar refractivity (Wildman–Crippen MR) is 91.8 cm³/mol. The summed E-state index contributed by atoms with van der Waals surface area (Å²) in [5.74, 6) is 0.955. The summed E-state index contributed by atoms with van der Waals surface area (Å²) in [7, 11) is 0. The Hall–Kier alpha value is -1.81. The van der Waals surface area contributed by atoms with E-state index in [1.807, 2.05) is 18.2 Å². The Morgan fingerprint density at radius 2 is 1.95 bits per heavy atom. The van der Waals surface area contributed by atoms with Crippen LogP contribution in [0.5, 0.6) is 0 Å². The Balaban J connectivity index is 1.92. The molecule has 0 aromatic heterocycles. The van der Waals surface area contributed by atoms with E-state index in [9.17, 15) is 0 Å². The van der Waals surface area contributed by atoms with E-state index in [2.05, 4.69) is 69.1 Å². The average molecular weight is 344 g/mol. The van der Waals surface area contributed by atoms with Gasteiger partial charge in [-0.15, -0.1) is 0 Å². The van der Waals surface area contributed by atoms with Crippen LogP contribution >= 0.6 is 15.9 Å². The molecule has 21 heavy (non-hydrogen) atoms. The van der Waals surface area contributed by atoms with Crippen molar-refractivity contribution in [2.45, 2.75) is 18.9 Å². The zero-order valence-electron chi connectivity index (χ0n) is 11.9. The number of nitrogens with zero attached hydrogens (tertiary/aromatic N) is 2. The number of benzene rings is 2. The van der Waals surface area contributed by atoms with Crippen LogP contribution in [0.25, 0.3) is 0 Å². The van der Waals surface area contributed by atoms with Crippen LogP contribution in [0.3, 0.4) is 0 Å². The van der Waals surface area contributed by atoms with Gasteiger partial charge in [0.2, 0.25) is 0 Å². The smallest absolute Gasteiger partial charge is 0.196 e. The van der Waals surface area contributed by atoms with Crippen molar-refractivity contribution in [1.29, 1.82) is 0 Å². The fourth-order valence-corrected chi connectivity index (χ4v) is 3.21. The van der Waals surface area contributed by atoms with Gasteiger partial charge < -0.3 is 10.6 Å². The minimum Gasteiger partial charge on any atom is -0.370 e. The van der Waals surface area contributed by atoms with Crippen molar-refractivity contribution in [3.8, 4) is 0 Å². The molecule has 1 aliphatic rings. The van der Waals surface area contributed by atoms with E-state index in [1.165, 1.54) is 5.56 Å². The molecule has 2 N–H and O–H groups in total. The summed E-state index contributed by atoms with van der Waals surface area (Å²) in [5.41, 5.74) is 8.52. The maximum absolute atomic E-state index is 6.13. The lowest BCUT2D eigenvalue weighted by Gasteiger charge is -2.31. The zero-order valence-corrected chi connectivity index (χ0v) is 13.5. The van der Waals surface area contributed by atoms with Crippen molar-refractivity contribution in [3.05, 3.63) is 64.6 Å². The van der Waals surface area contributed by atoms with E-state index in [0.717, 1.165) is 16.7 Å². The summed E-state index contributed by atoms with van der Waals surface area (Å²) < 4.78 is 1.05. The Kier molecular flexibility index (Phi) is 3.97. The average Bonchev–Trinajstić information content (AvgIpc) is 2.89. The van der Waals surface area contributed by atoms with Crippen LogP contribution in [0.1, 0.15) is 18.4 Å². The molecular formula is C17H18BrN3. The topological polar surface area (TPSA) is 41.6 Å². The van der Waals surface area contributed by atoms with Gasteiger partial charge in [-0.25, -0.2) is 0 Å². The highest BCUT2D eigenvalue weighted by Crippen LogP contribution is 2.31. The van der Waals surface area contributed by atoms with E-state index >= 15 is 0 Å². The summed E-state index contributed by atoms with van der Waals surface area (Å²) >= 11 is 3.52. The van der Waals surface area contributed by atoms with E-state index in [1.54, 1.807) is 0 Å². The molecule has 1 heterocycles. The van der Waals surface area contributed by atoms with E-state index in [-0.39, 0.29) is 6.04 Å². The van der Waals surface area contributed by atoms with Crippen LogP contribution in [-0.2, 0) is 0 Å². The Morgan fingerprint density at radius 3 is 2.67 bits per heavy atom. The second kappa shape index (κ2) is 5.90. The molecule has 0 aliphatic carbocycles. The molecule has 2 unspecified atom stereocenters. The summed E-state index contributed by atoms with van der Waals surface area (Å²) in [6.07, 6.45) is 0. The molecule has 0 amide bonds. The molecular weight excluding hydrogens is 326 g/mol. The Labute approximate surface area is 133 Å². The lowest BCUT2D eigenvalue weighted by molar-refractivity contribution is 0.595. The Morgan fingerprint density at radius 1 is 1.19 bits per heavy atom. The predicted octanol–water partition coefficient (Wildman–Crippen LogP) is 3.76. The number of anilines is 1. The SMILES string of the molecule is CC(c1ccccc1)C1CN=C(N)N1c1cccc(Br)c1. The Bertz CT molecular complexity index is 654.